The van der Waals surface area contributed by atoms with E-state index < -0.39 is 5.91 Å². The average molecular weight is 440 g/mol. The van der Waals surface area contributed by atoms with Gasteiger partial charge in [-0.3, -0.25) is 14.5 Å². The van der Waals surface area contributed by atoms with E-state index in [2.05, 4.69) is 17.1 Å². The van der Waals surface area contributed by atoms with E-state index in [9.17, 15) is 9.59 Å². The lowest BCUT2D eigenvalue weighted by atomic mass is 10.0. The van der Waals surface area contributed by atoms with E-state index in [-0.39, 0.29) is 18.3 Å². The van der Waals surface area contributed by atoms with Crippen LogP contribution in [0, 0.1) is 6.92 Å². The van der Waals surface area contributed by atoms with Crippen LogP contribution in [-0.4, -0.2) is 35.6 Å². The summed E-state index contributed by atoms with van der Waals surface area (Å²) in [6.07, 6.45) is 1.90. The van der Waals surface area contributed by atoms with E-state index in [0.717, 1.165) is 47.8 Å². The Kier molecular flexibility index (Phi) is 8.37. The molecule has 0 bridgehead atoms. The summed E-state index contributed by atoms with van der Waals surface area (Å²) in [5, 5.41) is 3.51. The van der Waals surface area contributed by atoms with Gasteiger partial charge in [0.2, 0.25) is 5.91 Å². The Hall–Kier alpha value is -1.54. The quantitative estimate of drug-likeness (QED) is 0.637. The molecule has 8 heteroatoms. The van der Waals surface area contributed by atoms with Gasteiger partial charge in [0.05, 0.1) is 11.3 Å². The van der Waals surface area contributed by atoms with Gasteiger partial charge in [-0.2, -0.15) is 0 Å². The monoisotopic (exact) mass is 439 g/mol. The van der Waals surface area contributed by atoms with Crippen LogP contribution in [0.5, 0.6) is 0 Å². The molecule has 1 aliphatic rings. The Morgan fingerprint density at radius 2 is 2.00 bits per heavy atom. The van der Waals surface area contributed by atoms with Crippen LogP contribution in [0.1, 0.15) is 39.7 Å². The third kappa shape index (κ3) is 5.50. The smallest absolute Gasteiger partial charge is 0.251 e. The van der Waals surface area contributed by atoms with Crippen LogP contribution in [0.15, 0.2) is 29.2 Å². The second-order valence-corrected chi connectivity index (χ2v) is 8.90. The van der Waals surface area contributed by atoms with Crippen LogP contribution < -0.4 is 11.1 Å². The van der Waals surface area contributed by atoms with Crippen molar-refractivity contribution in [2.75, 3.05) is 24.2 Å². The number of nitrogens with two attached hydrogens (primary N) is 1. The van der Waals surface area contributed by atoms with Gasteiger partial charge in [-0.25, -0.2) is 0 Å². The van der Waals surface area contributed by atoms with E-state index in [0.29, 0.717) is 16.3 Å². The van der Waals surface area contributed by atoms with Crippen LogP contribution in [0.4, 0.5) is 5.00 Å². The average Bonchev–Trinajstić information content (AvgIpc) is 2.98. The van der Waals surface area contributed by atoms with E-state index in [4.69, 9.17) is 5.73 Å². The second-order valence-electron chi connectivity index (χ2n) is 6.75. The van der Waals surface area contributed by atoms with Crippen LogP contribution in [0.25, 0.3) is 0 Å². The summed E-state index contributed by atoms with van der Waals surface area (Å²) in [6, 6.07) is 8.07. The Balaban J connectivity index is 0.00000280. The van der Waals surface area contributed by atoms with Gasteiger partial charge in [0, 0.05) is 22.9 Å². The number of amides is 2. The zero-order chi connectivity index (χ0) is 19.4. The fourth-order valence-corrected chi connectivity index (χ4v) is 5.27. The summed E-state index contributed by atoms with van der Waals surface area (Å²) in [5.41, 5.74) is 8.33. The predicted molar refractivity (Wildman–Crippen MR) is 120 cm³/mol. The first-order chi connectivity index (χ1) is 13.0. The SMILES string of the molecule is CCCN1CCc2c(sc(NC(=O)CSc3ccc(C)cc3)c2C(N)=O)C1.Cl. The molecule has 28 heavy (non-hydrogen) atoms. The number of carbonyl (C=O) groups is 2. The molecule has 1 aliphatic heterocycles. The van der Waals surface area contributed by atoms with Crippen molar-refractivity contribution >= 4 is 52.3 Å². The molecule has 0 spiro atoms. The lowest BCUT2D eigenvalue weighted by Crippen LogP contribution is -2.31. The van der Waals surface area contributed by atoms with Crippen molar-refractivity contribution in [2.45, 2.75) is 38.1 Å². The Morgan fingerprint density at radius 1 is 1.29 bits per heavy atom. The number of aryl methyl sites for hydroxylation is 1. The van der Waals surface area contributed by atoms with E-state index >= 15 is 0 Å². The lowest BCUT2D eigenvalue weighted by molar-refractivity contribution is -0.113. The topological polar surface area (TPSA) is 75.4 Å². The second kappa shape index (κ2) is 10.3. The highest BCUT2D eigenvalue weighted by atomic mass is 35.5. The fraction of sp³-hybridized carbons (Fsp3) is 0.400. The highest BCUT2D eigenvalue weighted by molar-refractivity contribution is 8.00. The third-order valence-electron chi connectivity index (χ3n) is 4.57. The Bertz CT molecular complexity index is 837. The number of benzene rings is 1. The number of nitrogens with zero attached hydrogens (tertiary/aromatic N) is 1. The minimum Gasteiger partial charge on any atom is -0.365 e. The standard InChI is InChI=1S/C20H25N3O2S2.ClH/c1-3-9-23-10-8-15-16(11-23)27-20(18(15)19(21)25)22-17(24)12-26-14-6-4-13(2)5-7-14;/h4-7H,3,8-12H2,1-2H3,(H2,21,25)(H,22,24);1H. The minimum atomic E-state index is -0.460. The molecule has 2 aromatic rings. The van der Waals surface area contributed by atoms with Crippen molar-refractivity contribution < 1.29 is 9.59 Å². The van der Waals surface area contributed by atoms with E-state index in [1.165, 1.54) is 28.7 Å². The van der Waals surface area contributed by atoms with Crippen LogP contribution in [-0.2, 0) is 17.8 Å². The molecule has 1 aromatic carbocycles. The number of thiophene rings is 1. The maximum Gasteiger partial charge on any atom is 0.251 e. The normalized spacial score (nSPS) is 13.5. The first kappa shape index (κ1) is 22.7. The summed E-state index contributed by atoms with van der Waals surface area (Å²) >= 11 is 2.97. The molecule has 1 aromatic heterocycles. The number of hydrogen-bond donors (Lipinski definition) is 2. The molecule has 0 radical (unpaired) electrons. The minimum absolute atomic E-state index is 0. The van der Waals surface area contributed by atoms with Crippen LogP contribution >= 0.6 is 35.5 Å². The van der Waals surface area contributed by atoms with Gasteiger partial charge in [-0.1, -0.05) is 24.6 Å². The summed E-state index contributed by atoms with van der Waals surface area (Å²) in [6.45, 7) is 6.98. The number of nitrogens with one attached hydrogen (secondary N) is 1. The molecule has 0 fully saturated rings. The molecule has 3 rings (SSSR count). The highest BCUT2D eigenvalue weighted by Gasteiger charge is 2.27. The molecule has 0 unspecified atom stereocenters. The number of carbonyl (C=O) groups excluding carboxylic acids is 2. The summed E-state index contributed by atoms with van der Waals surface area (Å²) < 4.78 is 0. The highest BCUT2D eigenvalue weighted by Crippen LogP contribution is 2.37. The van der Waals surface area contributed by atoms with Gasteiger partial charge >= 0.3 is 0 Å². The maximum absolute atomic E-state index is 12.4. The Labute approximate surface area is 180 Å². The molecule has 2 heterocycles. The Morgan fingerprint density at radius 3 is 2.64 bits per heavy atom. The molecular weight excluding hydrogens is 414 g/mol. The number of primary amides is 1. The van der Waals surface area contributed by atoms with Gasteiger partial charge in [0.15, 0.2) is 0 Å². The molecule has 0 saturated carbocycles. The molecular formula is C20H26ClN3O2S2. The van der Waals surface area contributed by atoms with Crippen molar-refractivity contribution in [1.29, 1.82) is 0 Å². The fourth-order valence-electron chi connectivity index (χ4n) is 3.26. The molecule has 0 saturated heterocycles. The molecule has 3 N–H and O–H groups in total. The molecule has 0 aliphatic carbocycles. The molecule has 5 nitrogen and oxygen atoms in total. The van der Waals surface area contributed by atoms with Gasteiger partial charge in [0.25, 0.3) is 5.91 Å². The molecule has 152 valence electrons. The summed E-state index contributed by atoms with van der Waals surface area (Å²) in [5.74, 6) is -0.281. The number of anilines is 1. The van der Waals surface area contributed by atoms with Crippen molar-refractivity contribution in [2.24, 2.45) is 5.73 Å². The van der Waals surface area contributed by atoms with Crippen LogP contribution in [0.2, 0.25) is 0 Å². The summed E-state index contributed by atoms with van der Waals surface area (Å²) in [4.78, 5) is 29.0. The number of rotatable bonds is 7. The predicted octanol–water partition coefficient (Wildman–Crippen LogP) is 4.08. The maximum atomic E-state index is 12.4. The number of halogens is 1. The lowest BCUT2D eigenvalue weighted by Gasteiger charge is -2.26. The molecule has 2 amide bonds. The van der Waals surface area contributed by atoms with Gasteiger partial charge in [-0.05, 0) is 44.0 Å². The van der Waals surface area contributed by atoms with Gasteiger partial charge < -0.3 is 11.1 Å². The zero-order valence-electron chi connectivity index (χ0n) is 16.1. The van der Waals surface area contributed by atoms with Gasteiger partial charge in [0.1, 0.15) is 5.00 Å². The van der Waals surface area contributed by atoms with Crippen molar-refractivity contribution in [3.8, 4) is 0 Å². The first-order valence-electron chi connectivity index (χ1n) is 9.14. The summed E-state index contributed by atoms with van der Waals surface area (Å²) in [7, 11) is 0. The van der Waals surface area contributed by atoms with Gasteiger partial charge in [-0.15, -0.1) is 35.5 Å². The number of thioether (sulfide) groups is 1. The number of hydrogen-bond acceptors (Lipinski definition) is 5. The first-order valence-corrected chi connectivity index (χ1v) is 10.9. The van der Waals surface area contributed by atoms with Crippen molar-refractivity contribution in [1.82, 2.24) is 4.90 Å². The number of fused-ring (bicyclic) bond motifs is 1. The van der Waals surface area contributed by atoms with E-state index in [1.807, 2.05) is 31.2 Å². The molecule has 0 atom stereocenters. The van der Waals surface area contributed by atoms with E-state index in [1.54, 1.807) is 0 Å². The van der Waals surface area contributed by atoms with Crippen molar-refractivity contribution in [3.63, 3.8) is 0 Å². The largest absolute Gasteiger partial charge is 0.365 e. The zero-order valence-corrected chi connectivity index (χ0v) is 18.6. The van der Waals surface area contributed by atoms with Crippen molar-refractivity contribution in [3.05, 3.63) is 45.8 Å². The van der Waals surface area contributed by atoms with Crippen LogP contribution in [0.3, 0.4) is 0 Å². The third-order valence-corrected chi connectivity index (χ3v) is 6.71.